The fourth-order valence-corrected chi connectivity index (χ4v) is 10.4. The molecule has 3 aliphatic rings. The van der Waals surface area contributed by atoms with E-state index in [1.165, 1.54) is 83.4 Å². The highest BCUT2D eigenvalue weighted by Crippen LogP contribution is 2.49. The Balaban J connectivity index is 1.19. The van der Waals surface area contributed by atoms with E-state index in [-0.39, 0.29) is 29.8 Å². The van der Waals surface area contributed by atoms with E-state index in [2.05, 4.69) is 243 Å². The minimum atomic E-state index is -0.0730. The van der Waals surface area contributed by atoms with Crippen LogP contribution in [0.15, 0.2) is 164 Å². The predicted molar refractivity (Wildman–Crippen MR) is 284 cm³/mol. The van der Waals surface area contributed by atoms with Gasteiger partial charge in [0.2, 0.25) is 6.79 Å². The van der Waals surface area contributed by atoms with Crippen LogP contribution in [0.25, 0.3) is 33.4 Å². The second-order valence-electron chi connectivity index (χ2n) is 21.9. The summed E-state index contributed by atoms with van der Waals surface area (Å²) in [6.07, 6.45) is 0. The molecule has 67 heavy (non-hydrogen) atoms. The van der Waals surface area contributed by atoms with Gasteiger partial charge in [-0.2, -0.15) is 0 Å². The number of anilines is 6. The monoisotopic (exact) mass is 874 g/mol. The number of fused-ring (bicyclic) bond motifs is 5. The second kappa shape index (κ2) is 15.6. The van der Waals surface area contributed by atoms with Gasteiger partial charge < -0.3 is 19.3 Å². The summed E-state index contributed by atoms with van der Waals surface area (Å²) < 4.78 is 12.2. The van der Waals surface area contributed by atoms with Crippen LogP contribution in [0, 0.1) is 6.92 Å². The highest BCUT2D eigenvalue weighted by Gasteiger charge is 2.44. The van der Waals surface area contributed by atoms with E-state index in [1.54, 1.807) is 0 Å². The third kappa shape index (κ3) is 7.50. The molecule has 0 fully saturated rings. The Morgan fingerprint density at radius 1 is 0.388 bits per heavy atom. The Bertz CT molecular complexity index is 3130. The molecular formula is C62H59BN2O2. The lowest BCUT2D eigenvalue weighted by Crippen LogP contribution is -2.61. The van der Waals surface area contributed by atoms with E-state index < -0.39 is 0 Å². The van der Waals surface area contributed by atoms with Gasteiger partial charge in [0.1, 0.15) is 0 Å². The number of nitrogens with zero attached hydrogens (tertiary/aromatic N) is 2. The van der Waals surface area contributed by atoms with Crippen LogP contribution in [0.4, 0.5) is 34.1 Å². The molecule has 0 saturated heterocycles. The van der Waals surface area contributed by atoms with Gasteiger partial charge in [0.25, 0.3) is 6.71 Å². The zero-order chi connectivity index (χ0) is 46.6. The number of para-hydroxylation sites is 1. The molecule has 0 atom stereocenters. The zero-order valence-corrected chi connectivity index (χ0v) is 40.6. The van der Waals surface area contributed by atoms with Crippen LogP contribution >= 0.6 is 0 Å². The first kappa shape index (κ1) is 42.6. The summed E-state index contributed by atoms with van der Waals surface area (Å²) in [6, 6.07) is 61.9. The van der Waals surface area contributed by atoms with Gasteiger partial charge >= 0.3 is 0 Å². The average molecular weight is 875 g/mol. The van der Waals surface area contributed by atoms with Crippen LogP contribution in [0.2, 0.25) is 0 Å². The topological polar surface area (TPSA) is 24.9 Å². The third-order valence-corrected chi connectivity index (χ3v) is 14.2. The van der Waals surface area contributed by atoms with Crippen molar-refractivity contribution in [3.8, 4) is 44.9 Å². The van der Waals surface area contributed by atoms with Crippen molar-refractivity contribution in [3.63, 3.8) is 0 Å². The van der Waals surface area contributed by atoms with E-state index in [4.69, 9.17) is 9.47 Å². The van der Waals surface area contributed by atoms with Crippen molar-refractivity contribution >= 4 is 57.2 Å². The Hall–Kier alpha value is -6.98. The lowest BCUT2D eigenvalue weighted by molar-refractivity contribution is 0.174. The minimum Gasteiger partial charge on any atom is -0.454 e. The smallest absolute Gasteiger partial charge is 0.252 e. The highest BCUT2D eigenvalue weighted by atomic mass is 16.7. The molecule has 0 aromatic heterocycles. The van der Waals surface area contributed by atoms with Gasteiger partial charge in [-0.05, 0) is 150 Å². The molecule has 11 rings (SSSR count). The Morgan fingerprint density at radius 3 is 1.34 bits per heavy atom. The molecule has 8 aromatic rings. The number of benzene rings is 8. The van der Waals surface area contributed by atoms with Crippen LogP contribution in [-0.2, 0) is 16.2 Å². The third-order valence-electron chi connectivity index (χ3n) is 14.2. The minimum absolute atomic E-state index is 0.0505. The van der Waals surface area contributed by atoms with Crippen molar-refractivity contribution < 1.29 is 9.47 Å². The van der Waals surface area contributed by atoms with Gasteiger partial charge in [-0.3, -0.25) is 0 Å². The van der Waals surface area contributed by atoms with Crippen molar-refractivity contribution in [3.05, 3.63) is 186 Å². The van der Waals surface area contributed by atoms with Gasteiger partial charge in [-0.1, -0.05) is 165 Å². The molecule has 8 aromatic carbocycles. The summed E-state index contributed by atoms with van der Waals surface area (Å²) in [4.78, 5) is 5.00. The number of hydrogen-bond donors (Lipinski definition) is 0. The van der Waals surface area contributed by atoms with Crippen LogP contribution in [-0.4, -0.2) is 13.5 Å². The lowest BCUT2D eigenvalue weighted by Gasteiger charge is -2.44. The molecule has 0 spiro atoms. The molecule has 0 radical (unpaired) electrons. The molecule has 0 N–H and O–H groups in total. The molecule has 4 nitrogen and oxygen atoms in total. The zero-order valence-electron chi connectivity index (χ0n) is 40.6. The normalized spacial score (nSPS) is 13.9. The summed E-state index contributed by atoms with van der Waals surface area (Å²) >= 11 is 0. The van der Waals surface area contributed by atoms with Gasteiger partial charge in [0, 0.05) is 40.2 Å². The molecule has 3 aliphatic heterocycles. The molecular weight excluding hydrogens is 816 g/mol. The van der Waals surface area contributed by atoms with E-state index >= 15 is 0 Å². The van der Waals surface area contributed by atoms with Crippen LogP contribution in [0.1, 0.15) is 84.6 Å². The standard InChI is InChI=1S/C62H59BN2O2/c1-39-30-55-59-56(31-39)65(50-33-44(41-18-25-47(26-19-41)61(5,6)7)32-45(34-50)42-20-27-48(28-21-42)62(8,9)10)53-35-43(40-16-23-46(24-17-40)60(2,3)4)22-29-51(53)63(59)52-36-57-58(67-38-66-57)37-54(52)64(55)49-14-12-11-13-15-49/h11-37H,38H2,1-10H3. The van der Waals surface area contributed by atoms with Gasteiger partial charge in [-0.25, -0.2) is 0 Å². The molecule has 332 valence electrons. The maximum absolute atomic E-state index is 6.15. The summed E-state index contributed by atoms with van der Waals surface area (Å²) in [5.41, 5.74) is 23.0. The fourth-order valence-electron chi connectivity index (χ4n) is 10.4. The van der Waals surface area contributed by atoms with Gasteiger partial charge in [-0.15, -0.1) is 0 Å². The van der Waals surface area contributed by atoms with Crippen molar-refractivity contribution in [1.82, 2.24) is 0 Å². The second-order valence-corrected chi connectivity index (χ2v) is 21.9. The van der Waals surface area contributed by atoms with E-state index in [0.717, 1.165) is 34.2 Å². The fraction of sp³-hybridized carbons (Fsp3) is 0.226. The summed E-state index contributed by atoms with van der Waals surface area (Å²) in [5.74, 6) is 1.56. The SMILES string of the molecule is Cc1cc2c3c(c1)N(c1ccccc1)c1cc4c(cc1B3c1ccc(-c3ccc(C(C)(C)C)cc3)cc1N2c1cc(-c2ccc(C(C)(C)C)cc2)cc(-c2ccc(C(C)(C)C)cc2)c1)OCO4. The number of aryl methyl sites for hydroxylation is 1. The van der Waals surface area contributed by atoms with E-state index in [9.17, 15) is 0 Å². The average Bonchev–Trinajstić information content (AvgIpc) is 3.77. The van der Waals surface area contributed by atoms with Crippen molar-refractivity contribution in [2.24, 2.45) is 0 Å². The molecule has 0 aliphatic carbocycles. The van der Waals surface area contributed by atoms with Crippen LogP contribution < -0.4 is 35.7 Å². The molecule has 0 unspecified atom stereocenters. The molecule has 5 heteroatoms. The maximum atomic E-state index is 6.15. The lowest BCUT2D eigenvalue weighted by atomic mass is 9.33. The van der Waals surface area contributed by atoms with Crippen molar-refractivity contribution in [2.75, 3.05) is 16.6 Å². The van der Waals surface area contributed by atoms with E-state index in [0.29, 0.717) is 0 Å². The first-order chi connectivity index (χ1) is 32.0. The van der Waals surface area contributed by atoms with Crippen LogP contribution in [0.3, 0.4) is 0 Å². The number of rotatable bonds is 5. The quantitative estimate of drug-likeness (QED) is 0.161. The van der Waals surface area contributed by atoms with E-state index in [1.807, 2.05) is 0 Å². The number of hydrogen-bond acceptors (Lipinski definition) is 4. The Morgan fingerprint density at radius 2 is 0.836 bits per heavy atom. The van der Waals surface area contributed by atoms with Crippen LogP contribution in [0.5, 0.6) is 11.5 Å². The molecule has 0 saturated carbocycles. The summed E-state index contributed by atoms with van der Waals surface area (Å²) in [7, 11) is 0. The van der Waals surface area contributed by atoms with Crippen molar-refractivity contribution in [1.29, 1.82) is 0 Å². The first-order valence-electron chi connectivity index (χ1n) is 23.8. The number of ether oxygens (including phenoxy) is 2. The summed E-state index contributed by atoms with van der Waals surface area (Å²) in [5, 5.41) is 0. The predicted octanol–water partition coefficient (Wildman–Crippen LogP) is 14.7. The Kier molecular flexibility index (Phi) is 9.90. The van der Waals surface area contributed by atoms with Gasteiger partial charge in [0.05, 0.1) is 0 Å². The Labute approximate surface area is 397 Å². The largest absolute Gasteiger partial charge is 0.454 e. The molecule has 0 amide bonds. The molecule has 3 heterocycles. The van der Waals surface area contributed by atoms with Crippen molar-refractivity contribution in [2.45, 2.75) is 85.5 Å². The summed E-state index contributed by atoms with van der Waals surface area (Å²) in [6.45, 7) is 22.9. The molecule has 0 bridgehead atoms. The maximum Gasteiger partial charge on any atom is 0.252 e. The highest BCUT2D eigenvalue weighted by molar-refractivity contribution is 7.00. The first-order valence-corrected chi connectivity index (χ1v) is 23.8. The van der Waals surface area contributed by atoms with Gasteiger partial charge in [0.15, 0.2) is 11.5 Å².